The Labute approximate surface area is 68.2 Å². The van der Waals surface area contributed by atoms with E-state index in [2.05, 4.69) is 14.2 Å². The van der Waals surface area contributed by atoms with Crippen LogP contribution in [-0.2, 0) is 19.0 Å². The summed E-state index contributed by atoms with van der Waals surface area (Å²) in [6.07, 6.45) is -0.995. The zero-order chi connectivity index (χ0) is 8.69. The molecule has 64 valence electrons. The summed E-state index contributed by atoms with van der Waals surface area (Å²) in [6, 6.07) is -0.306. The molecule has 0 aromatic carbocycles. The van der Waals surface area contributed by atoms with Gasteiger partial charge in [0.05, 0.1) is 7.11 Å². The highest BCUT2D eigenvalue weighted by molar-refractivity contribution is 6.17. The van der Waals surface area contributed by atoms with Gasteiger partial charge < -0.3 is 14.2 Å². The zero-order valence-electron chi connectivity index (χ0n) is 5.83. The van der Waals surface area contributed by atoms with E-state index in [0.717, 1.165) is 0 Å². The normalized spacial score (nSPS) is 8.55. The number of carbonyl (C=O) groups is 2. The molecule has 0 atom stereocenters. The fourth-order valence-electron chi connectivity index (χ4n) is 0.263. The number of methoxy groups -OCH3 is 1. The first-order chi connectivity index (χ1) is 5.20. The first-order valence-electron chi connectivity index (χ1n) is 2.63. The number of alkyl halides is 1. The van der Waals surface area contributed by atoms with E-state index >= 15 is 0 Å². The van der Waals surface area contributed by atoms with E-state index in [4.69, 9.17) is 11.6 Å². The second-order valence-electron chi connectivity index (χ2n) is 1.37. The maximum Gasteiger partial charge on any atom is 0.510 e. The van der Waals surface area contributed by atoms with Crippen molar-refractivity contribution in [3.05, 3.63) is 0 Å². The Kier molecular flexibility index (Phi) is 5.28. The average Bonchev–Trinajstić information content (AvgIpc) is 2.01. The minimum atomic E-state index is -0.995. The summed E-state index contributed by atoms with van der Waals surface area (Å²) in [5.41, 5.74) is 0. The van der Waals surface area contributed by atoms with Crippen molar-refractivity contribution in [1.29, 1.82) is 0 Å². The highest BCUT2D eigenvalue weighted by Crippen LogP contribution is 1.87. The SMILES string of the molecule is COC(=O)COC(=O)OCCl. The molecule has 0 aliphatic carbocycles. The third-order valence-electron chi connectivity index (χ3n) is 0.708. The molecule has 0 heterocycles. The Morgan fingerprint density at radius 1 is 1.36 bits per heavy atom. The van der Waals surface area contributed by atoms with Gasteiger partial charge in [-0.25, -0.2) is 9.59 Å². The van der Waals surface area contributed by atoms with Crippen LogP contribution in [0.2, 0.25) is 0 Å². The van der Waals surface area contributed by atoms with Crippen LogP contribution < -0.4 is 0 Å². The zero-order valence-corrected chi connectivity index (χ0v) is 6.59. The van der Waals surface area contributed by atoms with E-state index in [0.29, 0.717) is 0 Å². The molecular weight excluding hydrogens is 176 g/mol. The van der Waals surface area contributed by atoms with Crippen molar-refractivity contribution in [2.75, 3.05) is 19.8 Å². The predicted molar refractivity (Wildman–Crippen MR) is 35.2 cm³/mol. The largest absolute Gasteiger partial charge is 0.510 e. The van der Waals surface area contributed by atoms with Gasteiger partial charge >= 0.3 is 12.1 Å². The summed E-state index contributed by atoms with van der Waals surface area (Å²) < 4.78 is 12.5. The van der Waals surface area contributed by atoms with Crippen LogP contribution in [-0.4, -0.2) is 31.9 Å². The topological polar surface area (TPSA) is 61.8 Å². The molecule has 0 fully saturated rings. The van der Waals surface area contributed by atoms with Gasteiger partial charge in [-0.3, -0.25) is 0 Å². The molecule has 5 nitrogen and oxygen atoms in total. The van der Waals surface area contributed by atoms with Crippen molar-refractivity contribution < 1.29 is 23.8 Å². The molecule has 6 heteroatoms. The Bertz CT molecular complexity index is 146. The fraction of sp³-hybridized carbons (Fsp3) is 0.600. The molecule has 0 aromatic rings. The van der Waals surface area contributed by atoms with Crippen molar-refractivity contribution >= 4 is 23.7 Å². The number of ether oxygens (including phenoxy) is 3. The molecule has 0 rings (SSSR count). The van der Waals surface area contributed by atoms with Crippen LogP contribution in [0.4, 0.5) is 4.79 Å². The molecule has 0 saturated carbocycles. The number of carbonyl (C=O) groups excluding carboxylic acids is 2. The number of esters is 1. The Morgan fingerprint density at radius 3 is 2.45 bits per heavy atom. The average molecular weight is 183 g/mol. The lowest BCUT2D eigenvalue weighted by Gasteiger charge is -2.00. The van der Waals surface area contributed by atoms with Crippen LogP contribution in [0.5, 0.6) is 0 Å². The molecular formula is C5H7ClO5. The summed E-state index contributed by atoms with van der Waals surface area (Å²) >= 11 is 5.01. The second-order valence-corrected chi connectivity index (χ2v) is 1.59. The van der Waals surface area contributed by atoms with Crippen LogP contribution in [0, 0.1) is 0 Å². The van der Waals surface area contributed by atoms with Gasteiger partial charge in [0.2, 0.25) is 0 Å². The molecule has 0 saturated heterocycles. The van der Waals surface area contributed by atoms with Crippen LogP contribution >= 0.6 is 11.6 Å². The van der Waals surface area contributed by atoms with Gasteiger partial charge in [-0.15, -0.1) is 0 Å². The van der Waals surface area contributed by atoms with Gasteiger partial charge in [-0.05, 0) is 0 Å². The molecule has 0 spiro atoms. The summed E-state index contributed by atoms with van der Waals surface area (Å²) in [7, 11) is 1.18. The lowest BCUT2D eigenvalue weighted by Crippen LogP contribution is -2.15. The van der Waals surface area contributed by atoms with E-state index in [1.165, 1.54) is 7.11 Å². The van der Waals surface area contributed by atoms with Gasteiger partial charge in [0.25, 0.3) is 0 Å². The van der Waals surface area contributed by atoms with E-state index < -0.39 is 18.7 Å². The predicted octanol–water partition coefficient (Wildman–Crippen LogP) is 0.509. The number of rotatable bonds is 3. The molecule has 0 radical (unpaired) electrons. The van der Waals surface area contributed by atoms with Crippen molar-refractivity contribution in [2.45, 2.75) is 0 Å². The van der Waals surface area contributed by atoms with Crippen molar-refractivity contribution in [3.8, 4) is 0 Å². The minimum Gasteiger partial charge on any atom is -0.466 e. The molecule has 11 heavy (non-hydrogen) atoms. The smallest absolute Gasteiger partial charge is 0.466 e. The maximum absolute atomic E-state index is 10.3. The van der Waals surface area contributed by atoms with E-state index in [1.807, 2.05) is 0 Å². The van der Waals surface area contributed by atoms with Crippen LogP contribution in [0.15, 0.2) is 0 Å². The Hall–Kier alpha value is -0.970. The van der Waals surface area contributed by atoms with Crippen molar-refractivity contribution in [2.24, 2.45) is 0 Å². The molecule has 0 unspecified atom stereocenters. The van der Waals surface area contributed by atoms with E-state index in [1.54, 1.807) is 0 Å². The third-order valence-corrected chi connectivity index (χ3v) is 0.817. The van der Waals surface area contributed by atoms with E-state index in [9.17, 15) is 9.59 Å². The van der Waals surface area contributed by atoms with Crippen LogP contribution in [0.3, 0.4) is 0 Å². The van der Waals surface area contributed by atoms with Gasteiger partial charge in [0, 0.05) is 0 Å². The molecule has 0 aliphatic heterocycles. The minimum absolute atomic E-state index is 0.306. The maximum atomic E-state index is 10.3. The third kappa shape index (κ3) is 5.47. The standard InChI is InChI=1S/C5H7ClO5/c1-9-4(7)2-10-5(8)11-3-6/h2-3H2,1H3. The van der Waals surface area contributed by atoms with Gasteiger partial charge in [-0.2, -0.15) is 0 Å². The number of halogens is 1. The first-order valence-corrected chi connectivity index (χ1v) is 3.16. The lowest BCUT2D eigenvalue weighted by atomic mass is 10.7. The number of hydrogen-bond donors (Lipinski definition) is 0. The van der Waals surface area contributed by atoms with Crippen LogP contribution in [0.1, 0.15) is 0 Å². The highest BCUT2D eigenvalue weighted by atomic mass is 35.5. The first kappa shape index (κ1) is 10.0. The summed E-state index contributed by atoms with van der Waals surface area (Å²) in [6.45, 7) is -0.466. The quantitative estimate of drug-likeness (QED) is 0.470. The highest BCUT2D eigenvalue weighted by Gasteiger charge is 2.06. The lowest BCUT2D eigenvalue weighted by molar-refractivity contribution is -0.144. The van der Waals surface area contributed by atoms with Crippen molar-refractivity contribution in [3.63, 3.8) is 0 Å². The summed E-state index contributed by atoms with van der Waals surface area (Å²) in [4.78, 5) is 20.7. The molecule has 0 N–H and O–H groups in total. The number of hydrogen-bond acceptors (Lipinski definition) is 5. The second kappa shape index (κ2) is 5.79. The molecule has 0 aliphatic rings. The summed E-state index contributed by atoms with van der Waals surface area (Å²) in [5.74, 6) is -0.656. The van der Waals surface area contributed by atoms with Gasteiger partial charge in [-0.1, -0.05) is 11.6 Å². The molecule has 0 amide bonds. The van der Waals surface area contributed by atoms with Crippen LogP contribution in [0.25, 0.3) is 0 Å². The Morgan fingerprint density at radius 2 is 2.00 bits per heavy atom. The van der Waals surface area contributed by atoms with Gasteiger partial charge in [0.15, 0.2) is 12.7 Å². The van der Waals surface area contributed by atoms with Crippen molar-refractivity contribution in [1.82, 2.24) is 0 Å². The monoisotopic (exact) mass is 182 g/mol. The fourth-order valence-corrected chi connectivity index (χ4v) is 0.352. The molecule has 0 aromatic heterocycles. The van der Waals surface area contributed by atoms with E-state index in [-0.39, 0.29) is 6.07 Å². The summed E-state index contributed by atoms with van der Waals surface area (Å²) in [5, 5.41) is 0. The van der Waals surface area contributed by atoms with Gasteiger partial charge in [0.1, 0.15) is 0 Å². The Balaban J connectivity index is 3.38. The molecule has 0 bridgehead atoms.